The molecule has 12 heteroatoms. The summed E-state index contributed by atoms with van der Waals surface area (Å²) in [6.45, 7) is 1.30. The van der Waals surface area contributed by atoms with Crippen molar-refractivity contribution in [1.82, 2.24) is 29.2 Å². The highest BCUT2D eigenvalue weighted by Crippen LogP contribution is 2.58. The van der Waals surface area contributed by atoms with Gasteiger partial charge in [-0.1, -0.05) is 16.8 Å². The SMILES string of the molecule is Cn1cnc2ncn(Cc3nc([C@H]4[C@@H]5CN(c6cc(Cl)c(F)cc6F)C[C@@H]54)no3)c(=O)c21. The van der Waals surface area contributed by atoms with Crippen LogP contribution in [0.2, 0.25) is 5.02 Å². The van der Waals surface area contributed by atoms with Crippen molar-refractivity contribution < 1.29 is 13.3 Å². The molecule has 164 valence electrons. The summed E-state index contributed by atoms with van der Waals surface area (Å²) >= 11 is 5.82. The van der Waals surface area contributed by atoms with Crippen LogP contribution in [0.1, 0.15) is 17.6 Å². The zero-order chi connectivity index (χ0) is 22.1. The number of halogens is 3. The first-order chi connectivity index (χ1) is 15.4. The van der Waals surface area contributed by atoms with Gasteiger partial charge in [-0.25, -0.2) is 18.7 Å². The topological polar surface area (TPSA) is 94.9 Å². The number of piperidine rings is 1. The molecule has 3 atom stereocenters. The number of aryl methyl sites for hydroxylation is 1. The Morgan fingerprint density at radius 3 is 2.69 bits per heavy atom. The van der Waals surface area contributed by atoms with Crippen molar-refractivity contribution in [3.8, 4) is 0 Å². The van der Waals surface area contributed by atoms with E-state index in [1.54, 1.807) is 11.6 Å². The number of hydrogen-bond donors (Lipinski definition) is 0. The number of anilines is 1. The average Bonchev–Trinajstić information content (AvgIpc) is 3.18. The van der Waals surface area contributed by atoms with Gasteiger partial charge >= 0.3 is 0 Å². The molecule has 0 N–H and O–H groups in total. The first kappa shape index (κ1) is 19.4. The Hall–Kier alpha value is -3.34. The van der Waals surface area contributed by atoms with Crippen molar-refractivity contribution in [2.24, 2.45) is 18.9 Å². The van der Waals surface area contributed by atoms with Gasteiger partial charge in [0.25, 0.3) is 5.56 Å². The Kier molecular flexibility index (Phi) is 4.13. The van der Waals surface area contributed by atoms with Gasteiger partial charge < -0.3 is 14.0 Å². The standard InChI is InChI=1S/C20H16ClF2N7O2/c1-28-7-24-19-17(28)20(31)30(8-25-19)6-15-26-18(27-32-15)16-9-4-29(5-10(9)16)14-2-11(21)12(22)3-13(14)23/h2-3,7-10,16H,4-6H2,1H3/t9-,10+,16+. The van der Waals surface area contributed by atoms with Gasteiger partial charge in [0.15, 0.2) is 17.0 Å². The monoisotopic (exact) mass is 459 g/mol. The maximum Gasteiger partial charge on any atom is 0.280 e. The highest BCUT2D eigenvalue weighted by Gasteiger charge is 2.58. The third-order valence-corrected chi connectivity index (χ3v) is 6.60. The van der Waals surface area contributed by atoms with E-state index >= 15 is 0 Å². The summed E-state index contributed by atoms with van der Waals surface area (Å²) in [6.07, 6.45) is 2.95. The Labute approximate surface area is 184 Å². The van der Waals surface area contributed by atoms with E-state index in [2.05, 4.69) is 20.1 Å². The van der Waals surface area contributed by atoms with Gasteiger partial charge in [0.2, 0.25) is 5.89 Å². The second-order valence-electron chi connectivity index (χ2n) is 8.23. The van der Waals surface area contributed by atoms with Crippen LogP contribution in [-0.4, -0.2) is 42.3 Å². The van der Waals surface area contributed by atoms with Crippen LogP contribution in [0, 0.1) is 23.5 Å². The van der Waals surface area contributed by atoms with E-state index in [0.717, 1.165) is 6.07 Å². The van der Waals surface area contributed by atoms with Crippen molar-refractivity contribution in [1.29, 1.82) is 0 Å². The lowest BCUT2D eigenvalue weighted by Gasteiger charge is -2.22. The molecule has 0 amide bonds. The molecule has 2 aliphatic rings. The van der Waals surface area contributed by atoms with Crippen LogP contribution in [0.25, 0.3) is 11.2 Å². The number of aromatic nitrogens is 6. The van der Waals surface area contributed by atoms with Gasteiger partial charge in [-0.05, 0) is 17.9 Å². The predicted molar refractivity (Wildman–Crippen MR) is 109 cm³/mol. The fraction of sp³-hybridized carbons (Fsp3) is 0.350. The fourth-order valence-electron chi connectivity index (χ4n) is 4.66. The fourth-order valence-corrected chi connectivity index (χ4v) is 4.82. The minimum Gasteiger partial charge on any atom is -0.368 e. The molecule has 0 bridgehead atoms. The number of rotatable bonds is 4. The van der Waals surface area contributed by atoms with Crippen LogP contribution in [0.4, 0.5) is 14.5 Å². The number of fused-ring (bicyclic) bond motifs is 2. The summed E-state index contributed by atoms with van der Waals surface area (Å²) in [4.78, 5) is 27.3. The summed E-state index contributed by atoms with van der Waals surface area (Å²) in [5.74, 6) is 0.0932. The summed E-state index contributed by atoms with van der Waals surface area (Å²) in [5, 5.41) is 3.99. The minimum atomic E-state index is -0.772. The summed E-state index contributed by atoms with van der Waals surface area (Å²) < 4.78 is 36.0. The smallest absolute Gasteiger partial charge is 0.280 e. The Morgan fingerprint density at radius 1 is 1.16 bits per heavy atom. The molecular weight excluding hydrogens is 444 g/mol. The summed E-state index contributed by atoms with van der Waals surface area (Å²) in [7, 11) is 1.73. The molecule has 0 unspecified atom stereocenters. The molecule has 1 aliphatic heterocycles. The van der Waals surface area contributed by atoms with Gasteiger partial charge in [0.05, 0.1) is 17.0 Å². The number of benzene rings is 1. The zero-order valence-electron chi connectivity index (χ0n) is 16.7. The van der Waals surface area contributed by atoms with E-state index in [0.29, 0.717) is 41.7 Å². The van der Waals surface area contributed by atoms with E-state index in [9.17, 15) is 13.6 Å². The second kappa shape index (κ2) is 6.83. The second-order valence-corrected chi connectivity index (χ2v) is 8.64. The molecule has 32 heavy (non-hydrogen) atoms. The molecule has 3 aromatic heterocycles. The van der Waals surface area contributed by atoms with Crippen molar-refractivity contribution in [3.63, 3.8) is 0 Å². The maximum atomic E-state index is 14.2. The largest absolute Gasteiger partial charge is 0.368 e. The van der Waals surface area contributed by atoms with E-state index in [-0.39, 0.29) is 34.9 Å². The Bertz CT molecular complexity index is 1420. The highest BCUT2D eigenvalue weighted by atomic mass is 35.5. The highest BCUT2D eigenvalue weighted by molar-refractivity contribution is 6.31. The predicted octanol–water partition coefficient (Wildman–Crippen LogP) is 2.34. The van der Waals surface area contributed by atoms with Crippen LogP contribution >= 0.6 is 11.6 Å². The quantitative estimate of drug-likeness (QED) is 0.432. The molecule has 1 aliphatic carbocycles. The lowest BCUT2D eigenvalue weighted by Crippen LogP contribution is -2.25. The van der Waals surface area contributed by atoms with E-state index in [1.807, 2.05) is 4.90 Å². The number of hydrogen-bond acceptors (Lipinski definition) is 7. The van der Waals surface area contributed by atoms with E-state index in [1.165, 1.54) is 23.3 Å². The molecule has 1 aromatic carbocycles. The van der Waals surface area contributed by atoms with E-state index < -0.39 is 11.6 Å². The number of nitrogens with zero attached hydrogens (tertiary/aromatic N) is 7. The minimum absolute atomic E-state index is 0.102. The molecule has 0 radical (unpaired) electrons. The maximum absolute atomic E-state index is 14.2. The van der Waals surface area contributed by atoms with Crippen molar-refractivity contribution in [2.45, 2.75) is 12.5 Å². The first-order valence-corrected chi connectivity index (χ1v) is 10.4. The lowest BCUT2D eigenvalue weighted by molar-refractivity contribution is 0.363. The molecular formula is C20H16ClF2N7O2. The third-order valence-electron chi connectivity index (χ3n) is 6.31. The average molecular weight is 460 g/mol. The molecule has 9 nitrogen and oxygen atoms in total. The number of imidazole rings is 1. The summed E-state index contributed by atoms with van der Waals surface area (Å²) in [6, 6.07) is 2.13. The van der Waals surface area contributed by atoms with Crippen LogP contribution in [0.3, 0.4) is 0 Å². The third kappa shape index (κ3) is 2.91. The van der Waals surface area contributed by atoms with Gasteiger partial charge in [-0.3, -0.25) is 9.36 Å². The lowest BCUT2D eigenvalue weighted by atomic mass is 10.2. The van der Waals surface area contributed by atoms with Crippen molar-refractivity contribution in [3.05, 3.63) is 63.5 Å². The van der Waals surface area contributed by atoms with Crippen LogP contribution in [0.15, 0.2) is 34.1 Å². The van der Waals surface area contributed by atoms with Gasteiger partial charge in [0, 0.05) is 32.1 Å². The Balaban J connectivity index is 1.17. The molecule has 4 heterocycles. The van der Waals surface area contributed by atoms with Crippen LogP contribution < -0.4 is 10.5 Å². The zero-order valence-corrected chi connectivity index (χ0v) is 17.5. The molecule has 1 saturated heterocycles. The molecule has 0 spiro atoms. The summed E-state index contributed by atoms with van der Waals surface area (Å²) in [5.41, 5.74) is 0.841. The van der Waals surface area contributed by atoms with Gasteiger partial charge in [-0.15, -0.1) is 0 Å². The van der Waals surface area contributed by atoms with Crippen LogP contribution in [-0.2, 0) is 13.6 Å². The molecule has 4 aromatic rings. The van der Waals surface area contributed by atoms with Crippen LogP contribution in [0.5, 0.6) is 0 Å². The van der Waals surface area contributed by atoms with E-state index in [4.69, 9.17) is 16.1 Å². The normalized spacial score (nSPS) is 22.0. The Morgan fingerprint density at radius 2 is 1.91 bits per heavy atom. The molecule has 6 rings (SSSR count). The van der Waals surface area contributed by atoms with Gasteiger partial charge in [0.1, 0.15) is 24.5 Å². The van der Waals surface area contributed by atoms with Crippen molar-refractivity contribution in [2.75, 3.05) is 18.0 Å². The molecule has 2 fully saturated rings. The van der Waals surface area contributed by atoms with Gasteiger partial charge in [-0.2, -0.15) is 4.98 Å². The first-order valence-electron chi connectivity index (χ1n) is 9.99. The van der Waals surface area contributed by atoms with Crippen molar-refractivity contribution >= 4 is 28.5 Å². The molecule has 1 saturated carbocycles.